The maximum Gasteiger partial charge on any atom is 0.219 e. The predicted octanol–water partition coefficient (Wildman–Crippen LogP) is 3.88. The lowest BCUT2D eigenvalue weighted by atomic mass is 10.2. The highest BCUT2D eigenvalue weighted by molar-refractivity contribution is 5.80. The van der Waals surface area contributed by atoms with Gasteiger partial charge in [0, 0.05) is 62.1 Å². The van der Waals surface area contributed by atoms with Crippen molar-refractivity contribution in [2.24, 2.45) is 0 Å². The summed E-state index contributed by atoms with van der Waals surface area (Å²) in [5, 5.41) is 7.90. The first-order chi connectivity index (χ1) is 17.6. The van der Waals surface area contributed by atoms with Crippen molar-refractivity contribution < 1.29 is 14.3 Å². The highest BCUT2D eigenvalue weighted by Gasteiger charge is 2.25. The molecule has 0 radical (unpaired) electrons. The average molecular weight is 487 g/mol. The van der Waals surface area contributed by atoms with Gasteiger partial charge in [-0.05, 0) is 50.2 Å². The van der Waals surface area contributed by atoms with Gasteiger partial charge in [-0.3, -0.25) is 24.7 Å². The van der Waals surface area contributed by atoms with E-state index in [1.807, 2.05) is 50.2 Å². The third kappa shape index (κ3) is 5.76. The van der Waals surface area contributed by atoms with Crippen LogP contribution in [0.4, 0.5) is 0 Å². The number of benzene rings is 1. The number of nitrogens with one attached hydrogen (secondary N) is 1. The van der Waals surface area contributed by atoms with E-state index in [2.05, 4.69) is 37.1 Å². The molecule has 1 aliphatic heterocycles. The Morgan fingerprint density at radius 3 is 2.61 bits per heavy atom. The van der Waals surface area contributed by atoms with Crippen LogP contribution < -0.4 is 4.74 Å². The van der Waals surface area contributed by atoms with Gasteiger partial charge in [-0.25, -0.2) is 4.98 Å². The van der Waals surface area contributed by atoms with E-state index in [1.165, 1.54) is 0 Å². The molecule has 0 aliphatic carbocycles. The number of aromatic nitrogens is 4. The molecular formula is C27H30N6O3. The van der Waals surface area contributed by atoms with Crippen LogP contribution in [0.15, 0.2) is 60.9 Å². The molecule has 1 atom stereocenters. The van der Waals surface area contributed by atoms with E-state index in [0.717, 1.165) is 66.9 Å². The van der Waals surface area contributed by atoms with Crippen molar-refractivity contribution in [2.75, 3.05) is 26.2 Å². The van der Waals surface area contributed by atoms with Crippen LogP contribution in [0.2, 0.25) is 0 Å². The zero-order valence-electron chi connectivity index (χ0n) is 20.5. The van der Waals surface area contributed by atoms with E-state index in [4.69, 9.17) is 14.5 Å². The summed E-state index contributed by atoms with van der Waals surface area (Å²) in [4.78, 5) is 25.1. The number of aromatic amines is 1. The lowest BCUT2D eigenvalue weighted by molar-refractivity contribution is -0.140. The monoisotopic (exact) mass is 486 g/mol. The number of carbonyl (C=O) groups excluding carboxylic acids is 1. The van der Waals surface area contributed by atoms with Crippen LogP contribution in [0.3, 0.4) is 0 Å². The Kier molecular flexibility index (Phi) is 7.31. The third-order valence-electron chi connectivity index (χ3n) is 6.17. The van der Waals surface area contributed by atoms with Gasteiger partial charge >= 0.3 is 0 Å². The fraction of sp³-hybridized carbons (Fsp3) is 0.333. The Morgan fingerprint density at radius 1 is 1.06 bits per heavy atom. The summed E-state index contributed by atoms with van der Waals surface area (Å²) in [5.41, 5.74) is 3.80. The molecule has 5 rings (SSSR count). The predicted molar refractivity (Wildman–Crippen MR) is 137 cm³/mol. The summed E-state index contributed by atoms with van der Waals surface area (Å²) in [6.07, 6.45) is 3.92. The normalized spacial score (nSPS) is 15.9. The molecule has 9 nitrogen and oxygen atoms in total. The zero-order chi connectivity index (χ0) is 24.9. The SMILES string of the molecule is CC(C)OC(C=O)N1CCN(Cc2ccc3cc(Oc4ccc(-c5ccn[nH]5)cn4)ccc3n2)CC1. The largest absolute Gasteiger partial charge is 0.439 e. The summed E-state index contributed by atoms with van der Waals surface area (Å²) in [6, 6.07) is 15.7. The first-order valence-corrected chi connectivity index (χ1v) is 12.2. The molecule has 4 aromatic rings. The molecule has 0 saturated carbocycles. The molecule has 36 heavy (non-hydrogen) atoms. The average Bonchev–Trinajstić information content (AvgIpc) is 3.43. The number of hydrogen-bond donors (Lipinski definition) is 1. The van der Waals surface area contributed by atoms with Crippen molar-refractivity contribution in [3.8, 4) is 22.9 Å². The molecule has 0 bridgehead atoms. The van der Waals surface area contributed by atoms with Gasteiger partial charge in [-0.1, -0.05) is 6.07 Å². The second kappa shape index (κ2) is 10.9. The van der Waals surface area contributed by atoms with Gasteiger partial charge in [-0.2, -0.15) is 5.10 Å². The number of carbonyl (C=O) groups is 1. The van der Waals surface area contributed by atoms with Crippen molar-refractivity contribution in [3.63, 3.8) is 0 Å². The number of piperazine rings is 1. The second-order valence-electron chi connectivity index (χ2n) is 9.14. The van der Waals surface area contributed by atoms with Gasteiger partial charge < -0.3 is 9.47 Å². The maximum atomic E-state index is 11.4. The van der Waals surface area contributed by atoms with Crippen LogP contribution in [0.5, 0.6) is 11.6 Å². The smallest absolute Gasteiger partial charge is 0.219 e. The van der Waals surface area contributed by atoms with E-state index < -0.39 is 6.23 Å². The number of nitrogens with zero attached hydrogens (tertiary/aromatic N) is 5. The molecule has 1 saturated heterocycles. The highest BCUT2D eigenvalue weighted by atomic mass is 16.5. The molecule has 1 unspecified atom stereocenters. The molecule has 1 aromatic carbocycles. The molecule has 3 aromatic heterocycles. The molecule has 186 valence electrons. The van der Waals surface area contributed by atoms with Crippen molar-refractivity contribution in [2.45, 2.75) is 32.7 Å². The molecule has 1 fully saturated rings. The van der Waals surface area contributed by atoms with Gasteiger partial charge in [0.05, 0.1) is 23.0 Å². The van der Waals surface area contributed by atoms with Crippen LogP contribution in [-0.2, 0) is 16.1 Å². The molecule has 9 heteroatoms. The fourth-order valence-electron chi connectivity index (χ4n) is 4.32. The molecular weight excluding hydrogens is 456 g/mol. The summed E-state index contributed by atoms with van der Waals surface area (Å²) in [5.74, 6) is 1.24. The Bertz CT molecular complexity index is 1280. The summed E-state index contributed by atoms with van der Waals surface area (Å²) >= 11 is 0. The highest BCUT2D eigenvalue weighted by Crippen LogP contribution is 2.26. The minimum Gasteiger partial charge on any atom is -0.439 e. The van der Waals surface area contributed by atoms with Crippen LogP contribution in [-0.4, -0.2) is 74.8 Å². The van der Waals surface area contributed by atoms with Gasteiger partial charge in [0.25, 0.3) is 0 Å². The van der Waals surface area contributed by atoms with Gasteiger partial charge in [-0.15, -0.1) is 0 Å². The summed E-state index contributed by atoms with van der Waals surface area (Å²) < 4.78 is 11.7. The van der Waals surface area contributed by atoms with Crippen molar-refractivity contribution in [1.29, 1.82) is 0 Å². The first-order valence-electron chi connectivity index (χ1n) is 12.2. The second-order valence-corrected chi connectivity index (χ2v) is 9.14. The van der Waals surface area contributed by atoms with Gasteiger partial charge in [0.2, 0.25) is 5.88 Å². The minimum atomic E-state index is -0.466. The van der Waals surface area contributed by atoms with E-state index >= 15 is 0 Å². The van der Waals surface area contributed by atoms with E-state index in [-0.39, 0.29) is 6.10 Å². The van der Waals surface area contributed by atoms with Crippen LogP contribution in [0.25, 0.3) is 22.2 Å². The van der Waals surface area contributed by atoms with Gasteiger partial charge in [0.1, 0.15) is 5.75 Å². The third-order valence-corrected chi connectivity index (χ3v) is 6.17. The first kappa shape index (κ1) is 24.1. The van der Waals surface area contributed by atoms with E-state index in [1.54, 1.807) is 12.4 Å². The quantitative estimate of drug-likeness (QED) is 0.356. The fourth-order valence-corrected chi connectivity index (χ4v) is 4.32. The number of H-pyrrole nitrogens is 1. The Labute approximate surface area is 210 Å². The Hall–Kier alpha value is -3.66. The lowest BCUT2D eigenvalue weighted by Gasteiger charge is -2.37. The van der Waals surface area contributed by atoms with Gasteiger partial charge in [0.15, 0.2) is 12.5 Å². The lowest BCUT2D eigenvalue weighted by Crippen LogP contribution is -2.51. The van der Waals surface area contributed by atoms with Crippen molar-refractivity contribution in [3.05, 3.63) is 66.6 Å². The molecule has 1 N–H and O–H groups in total. The van der Waals surface area contributed by atoms with E-state index in [9.17, 15) is 4.79 Å². The van der Waals surface area contributed by atoms with Crippen LogP contribution in [0.1, 0.15) is 19.5 Å². The number of pyridine rings is 2. The molecule has 0 spiro atoms. The molecule has 1 aliphatic rings. The molecule has 0 amide bonds. The number of hydrogen-bond acceptors (Lipinski definition) is 8. The number of aldehydes is 1. The van der Waals surface area contributed by atoms with Crippen molar-refractivity contribution >= 4 is 17.2 Å². The maximum absolute atomic E-state index is 11.4. The topological polar surface area (TPSA) is 96.5 Å². The van der Waals surface area contributed by atoms with E-state index in [0.29, 0.717) is 11.6 Å². The summed E-state index contributed by atoms with van der Waals surface area (Å²) in [7, 11) is 0. The number of rotatable bonds is 9. The number of fused-ring (bicyclic) bond motifs is 1. The zero-order valence-corrected chi connectivity index (χ0v) is 20.5. The standard InChI is InChI=1S/C27H30N6O3/c1-19(2)35-27(18-34)33-13-11-32(12-14-33)17-22-5-3-20-15-23(6-7-24(20)30-22)36-26-8-4-21(16-28-26)25-9-10-29-31-25/h3-10,15-16,18-19,27H,11-14,17H2,1-2H3,(H,29,31). The summed E-state index contributed by atoms with van der Waals surface area (Å²) in [6.45, 7) is 7.98. The molecule has 4 heterocycles. The van der Waals surface area contributed by atoms with Crippen LogP contribution >= 0.6 is 0 Å². The van der Waals surface area contributed by atoms with Crippen LogP contribution in [0, 0.1) is 0 Å². The minimum absolute atomic E-state index is 0.0234. The number of ether oxygens (including phenoxy) is 2. The Balaban J connectivity index is 1.19. The Morgan fingerprint density at radius 2 is 1.92 bits per heavy atom. The van der Waals surface area contributed by atoms with Crippen molar-refractivity contribution in [1.82, 2.24) is 30.0 Å².